The van der Waals surface area contributed by atoms with Crippen LogP contribution in [0.3, 0.4) is 0 Å². The summed E-state index contributed by atoms with van der Waals surface area (Å²) in [4.78, 5) is 10.9. The second-order valence-corrected chi connectivity index (χ2v) is 9.85. The molecular formula is C25H28F3N3O3. The Morgan fingerprint density at radius 2 is 1.85 bits per heavy atom. The van der Waals surface area contributed by atoms with Crippen molar-refractivity contribution in [1.29, 1.82) is 0 Å². The average molecular weight is 476 g/mol. The molecule has 0 aliphatic carbocycles. The molecule has 1 saturated heterocycles. The van der Waals surface area contributed by atoms with Crippen LogP contribution in [0.5, 0.6) is 5.75 Å². The van der Waals surface area contributed by atoms with Gasteiger partial charge in [-0.25, -0.2) is 14.9 Å². The molecule has 34 heavy (non-hydrogen) atoms. The number of hydroxylamine groups is 2. The van der Waals surface area contributed by atoms with Crippen LogP contribution in [-0.4, -0.2) is 36.4 Å². The number of guanidine groups is 1. The zero-order valence-corrected chi connectivity index (χ0v) is 19.4. The number of hydrogen-bond acceptors (Lipinski definition) is 6. The first-order valence-electron chi connectivity index (χ1n) is 11.4. The second-order valence-electron chi connectivity index (χ2n) is 9.85. The topological polar surface area (TPSA) is 69.3 Å². The molecule has 0 saturated carbocycles. The van der Waals surface area contributed by atoms with Gasteiger partial charge in [-0.05, 0) is 62.1 Å². The lowest BCUT2D eigenvalue weighted by Gasteiger charge is -2.44. The third-order valence-corrected chi connectivity index (χ3v) is 6.85. The van der Waals surface area contributed by atoms with Gasteiger partial charge in [-0.2, -0.15) is 13.2 Å². The molecule has 5 rings (SSSR count). The molecule has 3 aliphatic rings. The van der Waals surface area contributed by atoms with E-state index < -0.39 is 17.5 Å². The normalized spacial score (nSPS) is 28.4. The Morgan fingerprint density at radius 3 is 2.53 bits per heavy atom. The van der Waals surface area contributed by atoms with E-state index >= 15 is 0 Å². The van der Waals surface area contributed by atoms with Gasteiger partial charge in [0.15, 0.2) is 0 Å². The summed E-state index contributed by atoms with van der Waals surface area (Å²) in [7, 11) is 1.69. The minimum atomic E-state index is -4.42. The molecule has 1 spiro atoms. The van der Waals surface area contributed by atoms with Gasteiger partial charge in [-0.1, -0.05) is 18.2 Å². The first kappa shape index (κ1) is 23.0. The lowest BCUT2D eigenvalue weighted by atomic mass is 9.79. The smallest absolute Gasteiger partial charge is 0.416 e. The van der Waals surface area contributed by atoms with E-state index in [1.54, 1.807) is 31.3 Å². The minimum absolute atomic E-state index is 0.168. The van der Waals surface area contributed by atoms with Crippen LogP contribution >= 0.6 is 0 Å². The van der Waals surface area contributed by atoms with Gasteiger partial charge >= 0.3 is 6.18 Å². The number of ether oxygens (including phenoxy) is 2. The van der Waals surface area contributed by atoms with Gasteiger partial charge in [-0.15, -0.1) is 0 Å². The van der Waals surface area contributed by atoms with Crippen LogP contribution in [0.15, 0.2) is 47.5 Å². The number of halogens is 3. The van der Waals surface area contributed by atoms with E-state index in [1.807, 2.05) is 0 Å². The van der Waals surface area contributed by atoms with Gasteiger partial charge in [-0.3, -0.25) is 0 Å². The Hall–Kier alpha value is -2.78. The number of aliphatic imine (C=N–C) groups is 1. The summed E-state index contributed by atoms with van der Waals surface area (Å²) >= 11 is 0. The summed E-state index contributed by atoms with van der Waals surface area (Å²) < 4.78 is 52.1. The minimum Gasteiger partial charge on any atom is -0.489 e. The molecule has 0 amide bonds. The second kappa shape index (κ2) is 7.88. The molecule has 9 heteroatoms. The van der Waals surface area contributed by atoms with E-state index in [1.165, 1.54) is 11.1 Å². The van der Waals surface area contributed by atoms with E-state index in [2.05, 4.69) is 18.8 Å². The third-order valence-electron chi connectivity index (χ3n) is 6.85. The van der Waals surface area contributed by atoms with Crippen molar-refractivity contribution in [2.75, 3.05) is 13.7 Å². The quantitative estimate of drug-likeness (QED) is 0.657. The molecule has 2 aromatic rings. The summed E-state index contributed by atoms with van der Waals surface area (Å²) in [6.07, 6.45) is -2.46. The zero-order chi connectivity index (χ0) is 24.3. The molecular weight excluding hydrogens is 447 g/mol. The van der Waals surface area contributed by atoms with Crippen LogP contribution in [0.4, 0.5) is 13.2 Å². The molecule has 3 atom stereocenters. The van der Waals surface area contributed by atoms with Crippen LogP contribution in [-0.2, 0) is 21.5 Å². The van der Waals surface area contributed by atoms with Gasteiger partial charge in [0, 0.05) is 26.0 Å². The zero-order valence-electron chi connectivity index (χ0n) is 19.4. The van der Waals surface area contributed by atoms with Crippen molar-refractivity contribution in [2.45, 2.75) is 56.7 Å². The fourth-order valence-electron chi connectivity index (χ4n) is 5.18. The standard InChI is InChI=1S/C25H28F3N3O3/c1-23(2)13-17(9-10-32-23)21-14-24(30-22(29)31(3)34-24)19-12-16(7-8-20(19)33-21)15-5-4-6-18(11-15)25(26,27)28/h4-8,11-12,17,21H,9-10,13-14H2,1-3H3,(H2,29,30). The lowest BCUT2D eigenvalue weighted by Crippen LogP contribution is -2.46. The van der Waals surface area contributed by atoms with E-state index in [-0.39, 0.29) is 23.6 Å². The van der Waals surface area contributed by atoms with Crippen molar-refractivity contribution >= 4 is 5.96 Å². The van der Waals surface area contributed by atoms with Gasteiger partial charge in [0.1, 0.15) is 11.9 Å². The summed E-state index contributed by atoms with van der Waals surface area (Å²) in [6, 6.07) is 10.6. The summed E-state index contributed by atoms with van der Waals surface area (Å²) in [6.45, 7) is 4.80. The Kier molecular flexibility index (Phi) is 5.33. The molecule has 6 nitrogen and oxygen atoms in total. The first-order chi connectivity index (χ1) is 16.0. The van der Waals surface area contributed by atoms with E-state index in [4.69, 9.17) is 20.0 Å². The van der Waals surface area contributed by atoms with Gasteiger partial charge < -0.3 is 15.2 Å². The van der Waals surface area contributed by atoms with Crippen LogP contribution in [0.1, 0.15) is 44.2 Å². The van der Waals surface area contributed by atoms with Crippen molar-refractivity contribution in [3.8, 4) is 16.9 Å². The molecule has 0 bridgehead atoms. The number of hydrogen-bond donors (Lipinski definition) is 1. The van der Waals surface area contributed by atoms with Crippen LogP contribution in [0, 0.1) is 5.92 Å². The maximum absolute atomic E-state index is 13.3. The van der Waals surface area contributed by atoms with Gasteiger partial charge in [0.05, 0.1) is 16.7 Å². The van der Waals surface area contributed by atoms with E-state index in [0.29, 0.717) is 35.5 Å². The number of benzene rings is 2. The number of rotatable bonds is 2. The first-order valence-corrected chi connectivity index (χ1v) is 11.4. The number of nitrogens with zero attached hydrogens (tertiary/aromatic N) is 2. The molecule has 0 radical (unpaired) electrons. The summed E-state index contributed by atoms with van der Waals surface area (Å²) in [5.41, 5.74) is 5.76. The lowest BCUT2D eigenvalue weighted by molar-refractivity contribution is -0.198. The van der Waals surface area contributed by atoms with Crippen LogP contribution in [0.2, 0.25) is 0 Å². The SMILES string of the molecule is CN1OC2(CC(C3CCOC(C)(C)C3)Oc3ccc(-c4cccc(C(F)(F)F)c4)cc32)N=C1N. The number of nitrogens with two attached hydrogens (primary N) is 1. The fourth-order valence-corrected chi connectivity index (χ4v) is 5.18. The molecule has 1 fully saturated rings. The molecule has 3 unspecified atom stereocenters. The Balaban J connectivity index is 1.55. The molecule has 2 aromatic carbocycles. The Bertz CT molecular complexity index is 1130. The molecule has 3 aliphatic heterocycles. The average Bonchev–Trinajstić information content (AvgIpc) is 3.05. The van der Waals surface area contributed by atoms with Crippen LogP contribution in [0.25, 0.3) is 11.1 Å². The summed E-state index contributed by atoms with van der Waals surface area (Å²) in [5, 5.41) is 1.43. The Morgan fingerprint density at radius 1 is 1.09 bits per heavy atom. The van der Waals surface area contributed by atoms with Gasteiger partial charge in [0.2, 0.25) is 11.7 Å². The van der Waals surface area contributed by atoms with Crippen molar-refractivity contribution in [3.05, 3.63) is 53.6 Å². The predicted molar refractivity (Wildman–Crippen MR) is 121 cm³/mol. The number of alkyl halides is 3. The molecule has 0 aromatic heterocycles. The summed E-state index contributed by atoms with van der Waals surface area (Å²) in [5.74, 6) is 1.08. The highest BCUT2D eigenvalue weighted by molar-refractivity contribution is 5.79. The largest absolute Gasteiger partial charge is 0.489 e. The van der Waals surface area contributed by atoms with Gasteiger partial charge in [0.25, 0.3) is 0 Å². The molecule has 2 N–H and O–H groups in total. The highest BCUT2D eigenvalue weighted by atomic mass is 19.4. The maximum atomic E-state index is 13.3. The fraction of sp³-hybridized carbons (Fsp3) is 0.480. The van der Waals surface area contributed by atoms with Crippen molar-refractivity contribution < 1.29 is 27.5 Å². The van der Waals surface area contributed by atoms with Crippen molar-refractivity contribution in [3.63, 3.8) is 0 Å². The number of fused-ring (bicyclic) bond motifs is 2. The highest BCUT2D eigenvalue weighted by Gasteiger charge is 2.51. The highest BCUT2D eigenvalue weighted by Crippen LogP contribution is 2.50. The molecule has 182 valence electrons. The predicted octanol–water partition coefficient (Wildman–Crippen LogP) is 5.07. The Labute approximate surface area is 196 Å². The van der Waals surface area contributed by atoms with Crippen molar-refractivity contribution in [2.24, 2.45) is 16.6 Å². The van der Waals surface area contributed by atoms with E-state index in [0.717, 1.165) is 25.0 Å². The van der Waals surface area contributed by atoms with E-state index in [9.17, 15) is 13.2 Å². The molecule has 3 heterocycles. The monoisotopic (exact) mass is 475 g/mol. The van der Waals surface area contributed by atoms with Crippen LogP contribution < -0.4 is 10.5 Å². The van der Waals surface area contributed by atoms with Crippen molar-refractivity contribution in [1.82, 2.24) is 5.06 Å². The maximum Gasteiger partial charge on any atom is 0.416 e. The third kappa shape index (κ3) is 4.11.